The first-order valence-electron chi connectivity index (χ1n) is 6.33. The molecule has 1 atom stereocenters. The number of carbonyl (C=O) groups is 1. The van der Waals surface area contributed by atoms with Gasteiger partial charge >= 0.3 is 6.18 Å². The summed E-state index contributed by atoms with van der Waals surface area (Å²) in [6.07, 6.45) is -4.13. The average molecular weight is 266 g/mol. The highest BCUT2D eigenvalue weighted by Crippen LogP contribution is 2.34. The second kappa shape index (κ2) is 5.91. The van der Waals surface area contributed by atoms with E-state index in [9.17, 15) is 18.0 Å². The normalized spacial score (nSPS) is 20.3. The Hall–Kier alpha value is -0.780. The number of hydrogen-bond donors (Lipinski definition) is 1. The maximum atomic E-state index is 12.5. The number of piperidine rings is 1. The van der Waals surface area contributed by atoms with Crippen LogP contribution in [0.1, 0.15) is 26.7 Å². The molecule has 0 aliphatic carbocycles. The predicted octanol–water partition coefficient (Wildman–Crippen LogP) is 2.02. The van der Waals surface area contributed by atoms with Crippen LogP contribution in [0.5, 0.6) is 0 Å². The molecule has 0 aromatic carbocycles. The molecule has 18 heavy (non-hydrogen) atoms. The summed E-state index contributed by atoms with van der Waals surface area (Å²) in [6.45, 7) is 4.42. The van der Waals surface area contributed by atoms with Gasteiger partial charge in [0.25, 0.3) is 0 Å². The fraction of sp³-hybridized carbons (Fsp3) is 0.917. The Kier molecular flexibility index (Phi) is 5.01. The van der Waals surface area contributed by atoms with Gasteiger partial charge in [-0.1, -0.05) is 13.8 Å². The zero-order valence-electron chi connectivity index (χ0n) is 10.8. The molecule has 0 saturated carbocycles. The van der Waals surface area contributed by atoms with Crippen LogP contribution in [0.3, 0.4) is 0 Å². The van der Waals surface area contributed by atoms with Crippen molar-refractivity contribution in [3.63, 3.8) is 0 Å². The third kappa shape index (κ3) is 3.60. The summed E-state index contributed by atoms with van der Waals surface area (Å²) in [6, 6.07) is 0. The molecule has 1 aliphatic heterocycles. The first kappa shape index (κ1) is 15.3. The number of hydrogen-bond acceptors (Lipinski definition) is 2. The second-order valence-electron chi connectivity index (χ2n) is 5.23. The molecule has 1 aliphatic rings. The number of rotatable bonds is 3. The minimum absolute atomic E-state index is 0.00459. The van der Waals surface area contributed by atoms with Gasteiger partial charge in [-0.25, -0.2) is 0 Å². The van der Waals surface area contributed by atoms with Gasteiger partial charge in [-0.3, -0.25) is 4.79 Å². The molecule has 1 fully saturated rings. The van der Waals surface area contributed by atoms with Crippen molar-refractivity contribution in [2.75, 3.05) is 19.6 Å². The number of carbonyl (C=O) groups excluding carboxylic acids is 1. The first-order chi connectivity index (χ1) is 8.27. The summed E-state index contributed by atoms with van der Waals surface area (Å²) in [5.41, 5.74) is 5.55. The molecule has 2 N–H and O–H groups in total. The van der Waals surface area contributed by atoms with Gasteiger partial charge in [0.05, 0.1) is 11.8 Å². The summed E-state index contributed by atoms with van der Waals surface area (Å²) in [5.74, 6) is -1.54. The molecule has 0 spiro atoms. The van der Waals surface area contributed by atoms with E-state index in [1.54, 1.807) is 0 Å². The topological polar surface area (TPSA) is 46.3 Å². The third-order valence-corrected chi connectivity index (χ3v) is 3.65. The first-order valence-corrected chi connectivity index (χ1v) is 6.33. The maximum Gasteiger partial charge on any atom is 0.391 e. The summed E-state index contributed by atoms with van der Waals surface area (Å²) in [4.78, 5) is 13.6. The van der Waals surface area contributed by atoms with Gasteiger partial charge in [-0.15, -0.1) is 0 Å². The number of alkyl halides is 3. The molecule has 1 amide bonds. The Morgan fingerprint density at radius 3 is 2.17 bits per heavy atom. The van der Waals surface area contributed by atoms with E-state index in [4.69, 9.17) is 5.73 Å². The van der Waals surface area contributed by atoms with E-state index < -0.39 is 12.1 Å². The lowest BCUT2D eigenvalue weighted by molar-refractivity contribution is -0.187. The zero-order valence-corrected chi connectivity index (χ0v) is 10.8. The average Bonchev–Trinajstić information content (AvgIpc) is 2.28. The van der Waals surface area contributed by atoms with E-state index in [1.807, 2.05) is 13.8 Å². The summed E-state index contributed by atoms with van der Waals surface area (Å²) in [7, 11) is 0. The lowest BCUT2D eigenvalue weighted by Crippen LogP contribution is -2.47. The SMILES string of the molecule is CC(C)C(CN)C(=O)N1CCC(C(F)(F)F)CC1. The van der Waals surface area contributed by atoms with Crippen molar-refractivity contribution in [3.05, 3.63) is 0 Å². The molecule has 0 radical (unpaired) electrons. The minimum atomic E-state index is -4.14. The van der Waals surface area contributed by atoms with Crippen LogP contribution in [0.25, 0.3) is 0 Å². The van der Waals surface area contributed by atoms with E-state index in [2.05, 4.69) is 0 Å². The van der Waals surface area contributed by atoms with Gasteiger partial charge in [-0.05, 0) is 18.8 Å². The van der Waals surface area contributed by atoms with Crippen LogP contribution < -0.4 is 5.73 Å². The Labute approximate surface area is 106 Å². The van der Waals surface area contributed by atoms with Gasteiger partial charge in [0.15, 0.2) is 0 Å². The molecule has 1 saturated heterocycles. The van der Waals surface area contributed by atoms with E-state index in [-0.39, 0.29) is 50.2 Å². The molecular formula is C12H21F3N2O. The lowest BCUT2D eigenvalue weighted by atomic mass is 9.91. The smallest absolute Gasteiger partial charge is 0.342 e. The highest BCUT2D eigenvalue weighted by Gasteiger charge is 2.42. The van der Waals surface area contributed by atoms with Crippen LogP contribution in [0, 0.1) is 17.8 Å². The zero-order chi connectivity index (χ0) is 13.9. The van der Waals surface area contributed by atoms with Crippen molar-refractivity contribution in [1.82, 2.24) is 4.90 Å². The standard InChI is InChI=1S/C12H21F3N2O/c1-8(2)10(7-16)11(18)17-5-3-9(4-6-17)12(13,14)15/h8-10H,3-7,16H2,1-2H3. The maximum absolute atomic E-state index is 12.5. The lowest BCUT2D eigenvalue weighted by Gasteiger charge is -2.35. The largest absolute Gasteiger partial charge is 0.391 e. The Balaban J connectivity index is 2.55. The van der Waals surface area contributed by atoms with Gasteiger partial charge < -0.3 is 10.6 Å². The molecule has 0 bridgehead atoms. The molecule has 0 aromatic rings. The molecule has 1 rings (SSSR count). The van der Waals surface area contributed by atoms with E-state index in [0.717, 1.165) is 0 Å². The monoisotopic (exact) mass is 266 g/mol. The summed E-state index contributed by atoms with van der Waals surface area (Å²) >= 11 is 0. The quantitative estimate of drug-likeness (QED) is 0.849. The fourth-order valence-corrected chi connectivity index (χ4v) is 2.32. The van der Waals surface area contributed by atoms with E-state index in [1.165, 1.54) is 4.90 Å². The molecule has 0 aromatic heterocycles. The molecule has 106 valence electrons. The van der Waals surface area contributed by atoms with Gasteiger partial charge in [0.1, 0.15) is 0 Å². The van der Waals surface area contributed by atoms with Crippen molar-refractivity contribution in [3.8, 4) is 0 Å². The van der Waals surface area contributed by atoms with Gasteiger partial charge in [-0.2, -0.15) is 13.2 Å². The molecule has 1 heterocycles. The second-order valence-corrected chi connectivity index (χ2v) is 5.23. The van der Waals surface area contributed by atoms with Crippen LogP contribution >= 0.6 is 0 Å². The van der Waals surface area contributed by atoms with Crippen molar-refractivity contribution < 1.29 is 18.0 Å². The van der Waals surface area contributed by atoms with Crippen molar-refractivity contribution in [2.45, 2.75) is 32.9 Å². The molecule has 1 unspecified atom stereocenters. The van der Waals surface area contributed by atoms with E-state index >= 15 is 0 Å². The number of amides is 1. The van der Waals surface area contributed by atoms with Crippen LogP contribution in [-0.4, -0.2) is 36.6 Å². The molecule has 6 heteroatoms. The van der Waals surface area contributed by atoms with Gasteiger partial charge in [0.2, 0.25) is 5.91 Å². The number of halogens is 3. The molecular weight excluding hydrogens is 245 g/mol. The molecule has 3 nitrogen and oxygen atoms in total. The Bertz CT molecular complexity index is 284. The van der Waals surface area contributed by atoms with Crippen LogP contribution in [0.4, 0.5) is 13.2 Å². The van der Waals surface area contributed by atoms with Crippen molar-refractivity contribution >= 4 is 5.91 Å². The Morgan fingerprint density at radius 1 is 1.33 bits per heavy atom. The minimum Gasteiger partial charge on any atom is -0.342 e. The third-order valence-electron chi connectivity index (χ3n) is 3.65. The van der Waals surface area contributed by atoms with Crippen LogP contribution in [0.2, 0.25) is 0 Å². The fourth-order valence-electron chi connectivity index (χ4n) is 2.32. The van der Waals surface area contributed by atoms with E-state index in [0.29, 0.717) is 0 Å². The summed E-state index contributed by atoms with van der Waals surface area (Å²) < 4.78 is 37.5. The Morgan fingerprint density at radius 2 is 1.83 bits per heavy atom. The van der Waals surface area contributed by atoms with Crippen LogP contribution in [-0.2, 0) is 4.79 Å². The number of likely N-dealkylation sites (tertiary alicyclic amines) is 1. The highest BCUT2D eigenvalue weighted by molar-refractivity contribution is 5.79. The number of nitrogens with zero attached hydrogens (tertiary/aromatic N) is 1. The highest BCUT2D eigenvalue weighted by atomic mass is 19.4. The van der Waals surface area contributed by atoms with Crippen LogP contribution in [0.15, 0.2) is 0 Å². The van der Waals surface area contributed by atoms with Crippen molar-refractivity contribution in [1.29, 1.82) is 0 Å². The van der Waals surface area contributed by atoms with Crippen molar-refractivity contribution in [2.24, 2.45) is 23.5 Å². The predicted molar refractivity (Wildman–Crippen MR) is 62.7 cm³/mol. The van der Waals surface area contributed by atoms with Gasteiger partial charge in [0, 0.05) is 19.6 Å². The number of nitrogens with two attached hydrogens (primary N) is 1. The summed E-state index contributed by atoms with van der Waals surface area (Å²) in [5, 5.41) is 0.